The van der Waals surface area contributed by atoms with E-state index in [-0.39, 0.29) is 18.3 Å². The quantitative estimate of drug-likeness (QED) is 0.478. The van der Waals surface area contributed by atoms with Crippen LogP contribution in [-0.4, -0.2) is 5.97 Å². The van der Waals surface area contributed by atoms with Crippen molar-refractivity contribution in [1.82, 2.24) is 0 Å². The van der Waals surface area contributed by atoms with Crippen LogP contribution in [0.4, 0.5) is 0 Å². The van der Waals surface area contributed by atoms with Gasteiger partial charge in [-0.1, -0.05) is 18.2 Å². The predicted molar refractivity (Wildman–Crippen MR) is 45.0 cm³/mol. The Labute approximate surface area is 75.6 Å². The van der Waals surface area contributed by atoms with Crippen LogP contribution in [0.1, 0.15) is 17.9 Å². The molecular weight excluding hydrogens is 166 g/mol. The van der Waals surface area contributed by atoms with Gasteiger partial charge < -0.3 is 4.74 Å². The van der Waals surface area contributed by atoms with Gasteiger partial charge in [-0.15, -0.1) is 0 Å². The van der Waals surface area contributed by atoms with E-state index in [1.54, 1.807) is 12.1 Å². The predicted octanol–water partition coefficient (Wildman–Crippen LogP) is 1.60. The zero-order chi connectivity index (χ0) is 9.26. The van der Waals surface area contributed by atoms with E-state index < -0.39 is 0 Å². The summed E-state index contributed by atoms with van der Waals surface area (Å²) >= 11 is 0. The summed E-state index contributed by atoms with van der Waals surface area (Å²) in [4.78, 5) is 11.2. The number of carbonyl (C=O) groups excluding carboxylic acids is 1. The standard InChI is InChI=1S/C10H7NO2/c11-6-5-8-7-3-1-2-4-9(7)13-10(8)12/h1-4,8H,5H2. The fraction of sp³-hybridized carbons (Fsp3) is 0.200. The first kappa shape index (κ1) is 7.81. The van der Waals surface area contributed by atoms with E-state index in [1.807, 2.05) is 18.2 Å². The maximum atomic E-state index is 11.2. The summed E-state index contributed by atoms with van der Waals surface area (Å²) < 4.78 is 4.98. The zero-order valence-electron chi connectivity index (χ0n) is 6.86. The van der Waals surface area contributed by atoms with Gasteiger partial charge in [0.2, 0.25) is 0 Å². The van der Waals surface area contributed by atoms with Gasteiger partial charge in [0.05, 0.1) is 18.4 Å². The summed E-state index contributed by atoms with van der Waals surface area (Å²) in [7, 11) is 0. The van der Waals surface area contributed by atoms with Crippen molar-refractivity contribution in [2.75, 3.05) is 0 Å². The highest BCUT2D eigenvalue weighted by molar-refractivity contribution is 5.86. The highest BCUT2D eigenvalue weighted by Crippen LogP contribution is 2.35. The summed E-state index contributed by atoms with van der Waals surface area (Å²) in [6.45, 7) is 0. The van der Waals surface area contributed by atoms with Gasteiger partial charge in [0.15, 0.2) is 0 Å². The zero-order valence-corrected chi connectivity index (χ0v) is 6.86. The molecule has 0 spiro atoms. The SMILES string of the molecule is N#CCC1C(=O)Oc2ccccc21. The van der Waals surface area contributed by atoms with Crippen molar-refractivity contribution in [3.8, 4) is 11.8 Å². The molecular formula is C10H7NO2. The molecule has 2 rings (SSSR count). The summed E-state index contributed by atoms with van der Waals surface area (Å²) in [6, 6.07) is 9.19. The second-order valence-corrected chi connectivity index (χ2v) is 2.87. The topological polar surface area (TPSA) is 50.1 Å². The third kappa shape index (κ3) is 1.17. The minimum atomic E-state index is -0.388. The molecule has 1 aromatic carbocycles. The minimum Gasteiger partial charge on any atom is -0.426 e. The smallest absolute Gasteiger partial charge is 0.320 e. The molecule has 0 saturated carbocycles. The Balaban J connectivity index is 2.42. The molecule has 1 aromatic rings. The van der Waals surface area contributed by atoms with Crippen LogP contribution in [0.2, 0.25) is 0 Å². The first-order chi connectivity index (χ1) is 6.33. The van der Waals surface area contributed by atoms with Crippen LogP contribution in [0, 0.1) is 11.3 Å². The van der Waals surface area contributed by atoms with E-state index in [0.29, 0.717) is 5.75 Å². The molecule has 0 saturated heterocycles. The lowest BCUT2D eigenvalue weighted by Gasteiger charge is -1.98. The van der Waals surface area contributed by atoms with Gasteiger partial charge in [-0.3, -0.25) is 4.79 Å². The molecule has 3 heteroatoms. The number of para-hydroxylation sites is 1. The summed E-state index contributed by atoms with van der Waals surface area (Å²) in [5.74, 6) is -0.114. The van der Waals surface area contributed by atoms with E-state index in [1.165, 1.54) is 0 Å². The Morgan fingerprint density at radius 3 is 3.00 bits per heavy atom. The molecule has 1 atom stereocenters. The molecule has 0 amide bonds. The molecule has 0 radical (unpaired) electrons. The van der Waals surface area contributed by atoms with Gasteiger partial charge in [0.1, 0.15) is 5.75 Å². The third-order valence-corrected chi connectivity index (χ3v) is 2.08. The van der Waals surface area contributed by atoms with Crippen LogP contribution in [0.3, 0.4) is 0 Å². The first-order valence-corrected chi connectivity index (χ1v) is 4.00. The highest BCUT2D eigenvalue weighted by Gasteiger charge is 2.32. The number of benzene rings is 1. The van der Waals surface area contributed by atoms with Crippen LogP contribution in [0.15, 0.2) is 24.3 Å². The van der Waals surface area contributed by atoms with E-state index in [4.69, 9.17) is 10.00 Å². The van der Waals surface area contributed by atoms with Gasteiger partial charge in [-0.05, 0) is 6.07 Å². The van der Waals surface area contributed by atoms with Crippen LogP contribution in [-0.2, 0) is 4.79 Å². The van der Waals surface area contributed by atoms with E-state index in [9.17, 15) is 4.79 Å². The van der Waals surface area contributed by atoms with Crippen molar-refractivity contribution in [1.29, 1.82) is 5.26 Å². The van der Waals surface area contributed by atoms with Gasteiger partial charge >= 0.3 is 5.97 Å². The van der Waals surface area contributed by atoms with Crippen LogP contribution in [0.5, 0.6) is 5.75 Å². The van der Waals surface area contributed by atoms with Crippen molar-refractivity contribution < 1.29 is 9.53 Å². The summed E-state index contributed by atoms with van der Waals surface area (Å²) in [5.41, 5.74) is 0.828. The molecule has 1 heterocycles. The number of esters is 1. The van der Waals surface area contributed by atoms with Crippen LogP contribution in [0.25, 0.3) is 0 Å². The van der Waals surface area contributed by atoms with Crippen LogP contribution < -0.4 is 4.74 Å². The lowest BCUT2D eigenvalue weighted by molar-refractivity contribution is -0.133. The monoisotopic (exact) mass is 173 g/mol. The van der Waals surface area contributed by atoms with Crippen molar-refractivity contribution in [3.63, 3.8) is 0 Å². The average Bonchev–Trinajstić information content (AvgIpc) is 2.44. The van der Waals surface area contributed by atoms with Crippen molar-refractivity contribution in [3.05, 3.63) is 29.8 Å². The molecule has 13 heavy (non-hydrogen) atoms. The Morgan fingerprint density at radius 2 is 2.23 bits per heavy atom. The number of ether oxygens (including phenoxy) is 1. The van der Waals surface area contributed by atoms with E-state index in [0.717, 1.165) is 5.56 Å². The van der Waals surface area contributed by atoms with Crippen molar-refractivity contribution in [2.24, 2.45) is 0 Å². The minimum absolute atomic E-state index is 0.190. The number of hydrogen-bond donors (Lipinski definition) is 0. The number of nitrogens with zero attached hydrogens (tertiary/aromatic N) is 1. The number of fused-ring (bicyclic) bond motifs is 1. The molecule has 0 aliphatic carbocycles. The third-order valence-electron chi connectivity index (χ3n) is 2.08. The Morgan fingerprint density at radius 1 is 1.46 bits per heavy atom. The maximum Gasteiger partial charge on any atom is 0.320 e. The Bertz CT molecular complexity index is 392. The second kappa shape index (κ2) is 2.91. The van der Waals surface area contributed by atoms with Gasteiger partial charge in [0.25, 0.3) is 0 Å². The van der Waals surface area contributed by atoms with Gasteiger partial charge in [-0.2, -0.15) is 5.26 Å². The van der Waals surface area contributed by atoms with Crippen molar-refractivity contribution >= 4 is 5.97 Å². The summed E-state index contributed by atoms with van der Waals surface area (Å²) in [5, 5.41) is 8.51. The number of nitriles is 1. The second-order valence-electron chi connectivity index (χ2n) is 2.87. The molecule has 1 aliphatic rings. The van der Waals surface area contributed by atoms with Crippen molar-refractivity contribution in [2.45, 2.75) is 12.3 Å². The van der Waals surface area contributed by atoms with Crippen LogP contribution >= 0.6 is 0 Å². The number of hydrogen-bond acceptors (Lipinski definition) is 3. The average molecular weight is 173 g/mol. The molecule has 64 valence electrons. The lowest BCUT2D eigenvalue weighted by atomic mass is 9.98. The van der Waals surface area contributed by atoms with Gasteiger partial charge in [-0.25, -0.2) is 0 Å². The molecule has 3 nitrogen and oxygen atoms in total. The first-order valence-electron chi connectivity index (χ1n) is 4.00. The largest absolute Gasteiger partial charge is 0.426 e. The number of rotatable bonds is 1. The molecule has 0 fully saturated rings. The highest BCUT2D eigenvalue weighted by atomic mass is 16.5. The molecule has 0 N–H and O–H groups in total. The summed E-state index contributed by atoms with van der Waals surface area (Å²) in [6.07, 6.45) is 0.190. The number of carbonyl (C=O) groups is 1. The molecule has 0 bridgehead atoms. The fourth-order valence-corrected chi connectivity index (χ4v) is 1.45. The Hall–Kier alpha value is -1.82. The Kier molecular flexibility index (Phi) is 1.75. The molecule has 1 aliphatic heterocycles. The lowest BCUT2D eigenvalue weighted by Crippen LogP contribution is -2.09. The van der Waals surface area contributed by atoms with E-state index >= 15 is 0 Å². The maximum absolute atomic E-state index is 11.2. The molecule has 1 unspecified atom stereocenters. The van der Waals surface area contributed by atoms with Gasteiger partial charge in [0, 0.05) is 5.56 Å². The van der Waals surface area contributed by atoms with E-state index in [2.05, 4.69) is 0 Å². The normalized spacial score (nSPS) is 19.0. The fourth-order valence-electron chi connectivity index (χ4n) is 1.45. The molecule has 0 aromatic heterocycles.